The van der Waals surface area contributed by atoms with E-state index in [-0.39, 0.29) is 12.4 Å². The number of rotatable bonds is 3. The molecule has 0 unspecified atom stereocenters. The molecule has 0 aliphatic rings. The van der Waals surface area contributed by atoms with Crippen LogP contribution in [0.5, 0.6) is 0 Å². The third-order valence-corrected chi connectivity index (χ3v) is 3.89. The molecule has 2 aromatic heterocycles. The van der Waals surface area contributed by atoms with Crippen molar-refractivity contribution >= 4 is 23.3 Å². The maximum atomic E-state index is 5.69. The molecule has 0 radical (unpaired) electrons. The van der Waals surface area contributed by atoms with Gasteiger partial charge in [0.15, 0.2) is 5.82 Å². The van der Waals surface area contributed by atoms with Gasteiger partial charge in [0.2, 0.25) is 0 Å². The first-order valence-electron chi connectivity index (χ1n) is 7.47. The molecule has 2 aromatic carbocycles. The third kappa shape index (κ3) is 2.68. The standard InChI is InChI=1S/C18H16N4O.ClH/c1-12-20-18(23-21-12)17-10-14-4-2-3-5-16(14)22(17)15-8-6-13(11-19)7-9-15;/h2-10H,11,19H2,1H3;1H. The lowest BCUT2D eigenvalue weighted by molar-refractivity contribution is 0.424. The number of hydrogen-bond donors (Lipinski definition) is 1. The number of para-hydroxylation sites is 1. The Hall–Kier alpha value is -2.63. The van der Waals surface area contributed by atoms with Gasteiger partial charge in [0, 0.05) is 17.6 Å². The minimum absolute atomic E-state index is 0. The van der Waals surface area contributed by atoms with E-state index in [0.29, 0.717) is 18.3 Å². The van der Waals surface area contributed by atoms with Crippen molar-refractivity contribution in [2.45, 2.75) is 13.5 Å². The number of nitrogens with two attached hydrogens (primary N) is 1. The van der Waals surface area contributed by atoms with Gasteiger partial charge < -0.3 is 14.8 Å². The topological polar surface area (TPSA) is 69.9 Å². The van der Waals surface area contributed by atoms with Crippen LogP contribution in [0.1, 0.15) is 11.4 Å². The van der Waals surface area contributed by atoms with E-state index >= 15 is 0 Å². The number of benzene rings is 2. The second kappa shape index (κ2) is 6.47. The zero-order chi connectivity index (χ0) is 15.8. The maximum absolute atomic E-state index is 5.69. The lowest BCUT2D eigenvalue weighted by Crippen LogP contribution is -1.99. The highest BCUT2D eigenvalue weighted by atomic mass is 35.5. The zero-order valence-corrected chi connectivity index (χ0v) is 14.0. The quantitative estimate of drug-likeness (QED) is 0.614. The van der Waals surface area contributed by atoms with Gasteiger partial charge >= 0.3 is 0 Å². The number of aromatic nitrogens is 3. The SMILES string of the molecule is Cc1noc(-c2cc3ccccc3n2-c2ccc(CN)cc2)n1.Cl. The first kappa shape index (κ1) is 16.2. The highest BCUT2D eigenvalue weighted by Gasteiger charge is 2.16. The summed E-state index contributed by atoms with van der Waals surface area (Å²) in [7, 11) is 0. The summed E-state index contributed by atoms with van der Waals surface area (Å²) >= 11 is 0. The van der Waals surface area contributed by atoms with E-state index in [2.05, 4.69) is 45.0 Å². The molecule has 122 valence electrons. The van der Waals surface area contributed by atoms with E-state index in [1.807, 2.05) is 31.2 Å². The summed E-state index contributed by atoms with van der Waals surface area (Å²) in [6.45, 7) is 2.35. The smallest absolute Gasteiger partial charge is 0.274 e. The summed E-state index contributed by atoms with van der Waals surface area (Å²) in [6.07, 6.45) is 0. The van der Waals surface area contributed by atoms with Gasteiger partial charge in [0.05, 0.1) is 5.52 Å². The van der Waals surface area contributed by atoms with Gasteiger partial charge in [0.1, 0.15) is 5.69 Å². The maximum Gasteiger partial charge on any atom is 0.274 e. The van der Waals surface area contributed by atoms with Crippen LogP contribution in [-0.2, 0) is 6.54 Å². The minimum atomic E-state index is 0. The van der Waals surface area contributed by atoms with E-state index in [0.717, 1.165) is 27.8 Å². The minimum Gasteiger partial charge on any atom is -0.332 e. The van der Waals surface area contributed by atoms with Crippen molar-refractivity contribution in [3.05, 3.63) is 66.0 Å². The van der Waals surface area contributed by atoms with Crippen LogP contribution >= 0.6 is 12.4 Å². The van der Waals surface area contributed by atoms with Gasteiger partial charge in [-0.05, 0) is 36.8 Å². The molecule has 4 rings (SSSR count). The Morgan fingerprint density at radius 2 is 1.83 bits per heavy atom. The fraction of sp³-hybridized carbons (Fsp3) is 0.111. The van der Waals surface area contributed by atoms with Crippen molar-refractivity contribution in [1.82, 2.24) is 14.7 Å². The number of nitrogens with zero attached hydrogens (tertiary/aromatic N) is 3. The van der Waals surface area contributed by atoms with Crippen molar-refractivity contribution in [2.24, 2.45) is 5.73 Å². The Morgan fingerprint density at radius 1 is 1.08 bits per heavy atom. The van der Waals surface area contributed by atoms with Crippen LogP contribution in [0.4, 0.5) is 0 Å². The molecule has 0 aliphatic heterocycles. The summed E-state index contributed by atoms with van der Waals surface area (Å²) in [5, 5.41) is 5.04. The molecule has 0 saturated heterocycles. The van der Waals surface area contributed by atoms with Crippen molar-refractivity contribution in [3.8, 4) is 17.3 Å². The number of aryl methyl sites for hydroxylation is 1. The Bertz CT molecular complexity index is 972. The van der Waals surface area contributed by atoms with Gasteiger partial charge in [-0.25, -0.2) is 0 Å². The van der Waals surface area contributed by atoms with E-state index in [1.54, 1.807) is 0 Å². The summed E-state index contributed by atoms with van der Waals surface area (Å²) < 4.78 is 7.51. The highest BCUT2D eigenvalue weighted by Crippen LogP contribution is 2.30. The van der Waals surface area contributed by atoms with Crippen molar-refractivity contribution < 1.29 is 4.52 Å². The zero-order valence-electron chi connectivity index (χ0n) is 13.1. The second-order valence-electron chi connectivity index (χ2n) is 5.44. The van der Waals surface area contributed by atoms with Crippen LogP contribution < -0.4 is 5.73 Å². The molecule has 5 nitrogen and oxygen atoms in total. The molecule has 2 heterocycles. The molecule has 6 heteroatoms. The van der Waals surface area contributed by atoms with E-state index < -0.39 is 0 Å². The predicted molar refractivity (Wildman–Crippen MR) is 96.4 cm³/mol. The molecule has 0 atom stereocenters. The number of halogens is 1. The summed E-state index contributed by atoms with van der Waals surface area (Å²) in [6, 6.07) is 18.5. The molecule has 24 heavy (non-hydrogen) atoms. The number of hydrogen-bond acceptors (Lipinski definition) is 4. The van der Waals surface area contributed by atoms with Gasteiger partial charge in [-0.3, -0.25) is 0 Å². The molecule has 0 fully saturated rings. The van der Waals surface area contributed by atoms with Crippen LogP contribution in [0.2, 0.25) is 0 Å². The van der Waals surface area contributed by atoms with Crippen molar-refractivity contribution in [3.63, 3.8) is 0 Å². The van der Waals surface area contributed by atoms with Crippen LogP contribution in [0.25, 0.3) is 28.2 Å². The average molecular weight is 341 g/mol. The van der Waals surface area contributed by atoms with Crippen LogP contribution in [-0.4, -0.2) is 14.7 Å². The lowest BCUT2D eigenvalue weighted by atomic mass is 10.2. The molecule has 0 aliphatic carbocycles. The Balaban J connectivity index is 0.00000169. The predicted octanol–water partition coefficient (Wildman–Crippen LogP) is 3.87. The average Bonchev–Trinajstić information content (AvgIpc) is 3.18. The fourth-order valence-electron chi connectivity index (χ4n) is 2.77. The molecular weight excluding hydrogens is 324 g/mol. The van der Waals surface area contributed by atoms with Crippen LogP contribution in [0.3, 0.4) is 0 Å². The first-order valence-corrected chi connectivity index (χ1v) is 7.47. The molecule has 0 saturated carbocycles. The Labute approximate surface area is 145 Å². The first-order chi connectivity index (χ1) is 11.3. The summed E-state index contributed by atoms with van der Waals surface area (Å²) in [5.41, 5.74) is 9.80. The van der Waals surface area contributed by atoms with E-state index in [4.69, 9.17) is 10.3 Å². The summed E-state index contributed by atoms with van der Waals surface area (Å²) in [5.74, 6) is 1.14. The van der Waals surface area contributed by atoms with E-state index in [9.17, 15) is 0 Å². The fourth-order valence-corrected chi connectivity index (χ4v) is 2.77. The molecule has 0 amide bonds. The van der Waals surface area contributed by atoms with Crippen LogP contribution in [0.15, 0.2) is 59.1 Å². The molecule has 0 spiro atoms. The second-order valence-corrected chi connectivity index (χ2v) is 5.44. The van der Waals surface area contributed by atoms with Gasteiger partial charge in [-0.15, -0.1) is 12.4 Å². The number of fused-ring (bicyclic) bond motifs is 1. The normalized spacial score (nSPS) is 10.8. The Morgan fingerprint density at radius 3 is 2.50 bits per heavy atom. The van der Waals surface area contributed by atoms with Gasteiger partial charge in [0.25, 0.3) is 5.89 Å². The van der Waals surface area contributed by atoms with Gasteiger partial charge in [-0.1, -0.05) is 35.5 Å². The molecule has 4 aromatic rings. The Kier molecular flexibility index (Phi) is 4.38. The summed E-state index contributed by atoms with van der Waals surface area (Å²) in [4.78, 5) is 4.38. The molecule has 0 bridgehead atoms. The largest absolute Gasteiger partial charge is 0.332 e. The van der Waals surface area contributed by atoms with Gasteiger partial charge in [-0.2, -0.15) is 4.98 Å². The third-order valence-electron chi connectivity index (χ3n) is 3.89. The monoisotopic (exact) mass is 340 g/mol. The highest BCUT2D eigenvalue weighted by molar-refractivity contribution is 5.87. The van der Waals surface area contributed by atoms with Crippen molar-refractivity contribution in [1.29, 1.82) is 0 Å². The molecular formula is C18H17ClN4O. The van der Waals surface area contributed by atoms with Crippen LogP contribution in [0, 0.1) is 6.92 Å². The van der Waals surface area contributed by atoms with Crippen molar-refractivity contribution in [2.75, 3.05) is 0 Å². The molecule has 2 N–H and O–H groups in total. The van der Waals surface area contributed by atoms with E-state index in [1.165, 1.54) is 0 Å². The lowest BCUT2D eigenvalue weighted by Gasteiger charge is -2.09.